The number of H-pyrrole nitrogens is 1. The van der Waals surface area contributed by atoms with Crippen LogP contribution >= 0.6 is 0 Å². The van der Waals surface area contributed by atoms with E-state index in [9.17, 15) is 0 Å². The van der Waals surface area contributed by atoms with Crippen molar-refractivity contribution in [1.82, 2.24) is 25.2 Å². The zero-order chi connectivity index (χ0) is 16.4. The first-order valence-electron chi connectivity index (χ1n) is 8.07. The minimum atomic E-state index is 0.0958. The molecule has 0 aliphatic carbocycles. The van der Waals surface area contributed by atoms with E-state index in [0.717, 1.165) is 43.1 Å². The summed E-state index contributed by atoms with van der Waals surface area (Å²) < 4.78 is 10.9. The van der Waals surface area contributed by atoms with Gasteiger partial charge in [0.1, 0.15) is 0 Å². The van der Waals surface area contributed by atoms with Gasteiger partial charge in [-0.3, -0.25) is 10.00 Å². The third-order valence-corrected chi connectivity index (χ3v) is 4.34. The third-order valence-electron chi connectivity index (χ3n) is 4.34. The molecule has 1 aliphatic heterocycles. The normalized spacial score (nSPS) is 17.0. The molecule has 0 bridgehead atoms. The largest absolute Gasteiger partial charge is 0.379 e. The maximum Gasteiger partial charge on any atom is 0.261 e. The fourth-order valence-corrected chi connectivity index (χ4v) is 2.92. The van der Waals surface area contributed by atoms with Crippen molar-refractivity contribution in [2.45, 2.75) is 13.0 Å². The Bertz CT molecular complexity index is 792. The minimum absolute atomic E-state index is 0.0958. The highest BCUT2D eigenvalue weighted by Gasteiger charge is 2.24. The minimum Gasteiger partial charge on any atom is -0.379 e. The molecule has 1 aromatic carbocycles. The topological polar surface area (TPSA) is 80.1 Å². The summed E-state index contributed by atoms with van der Waals surface area (Å²) in [5.41, 5.74) is 2.73. The molecule has 24 heavy (non-hydrogen) atoms. The van der Waals surface area contributed by atoms with E-state index < -0.39 is 0 Å². The van der Waals surface area contributed by atoms with Gasteiger partial charge in [-0.05, 0) is 6.92 Å². The summed E-state index contributed by atoms with van der Waals surface area (Å²) in [5.74, 6) is 1.17. The second-order valence-electron chi connectivity index (χ2n) is 5.81. The first-order chi connectivity index (χ1) is 11.8. The summed E-state index contributed by atoms with van der Waals surface area (Å²) in [6, 6.07) is 10.1. The van der Waals surface area contributed by atoms with Gasteiger partial charge in [-0.1, -0.05) is 35.5 Å². The lowest BCUT2D eigenvalue weighted by Crippen LogP contribution is -2.38. The molecule has 2 aromatic heterocycles. The molecule has 7 heteroatoms. The van der Waals surface area contributed by atoms with Crippen LogP contribution < -0.4 is 0 Å². The Balaban J connectivity index is 1.61. The Morgan fingerprint density at radius 1 is 1.17 bits per heavy atom. The van der Waals surface area contributed by atoms with Crippen LogP contribution in [0.5, 0.6) is 0 Å². The number of benzene rings is 1. The van der Waals surface area contributed by atoms with E-state index in [2.05, 4.69) is 32.2 Å². The van der Waals surface area contributed by atoms with E-state index in [1.165, 1.54) is 0 Å². The van der Waals surface area contributed by atoms with Crippen LogP contribution in [-0.2, 0) is 4.74 Å². The molecule has 0 spiro atoms. The Morgan fingerprint density at radius 2 is 1.96 bits per heavy atom. The van der Waals surface area contributed by atoms with Crippen molar-refractivity contribution in [3.05, 3.63) is 42.4 Å². The molecule has 0 radical (unpaired) electrons. The highest BCUT2D eigenvalue weighted by atomic mass is 16.5. The molecule has 1 atom stereocenters. The molecule has 1 aliphatic rings. The second-order valence-corrected chi connectivity index (χ2v) is 5.81. The SMILES string of the molecule is C[C@H](c1noc(-c2cn[nH]c2-c2ccccc2)n1)N1CCOCC1. The van der Waals surface area contributed by atoms with Gasteiger partial charge in [-0.2, -0.15) is 10.1 Å². The summed E-state index contributed by atoms with van der Waals surface area (Å²) >= 11 is 0. The lowest BCUT2D eigenvalue weighted by Gasteiger charge is -2.30. The van der Waals surface area contributed by atoms with Gasteiger partial charge >= 0.3 is 0 Å². The van der Waals surface area contributed by atoms with Crippen LogP contribution in [0.3, 0.4) is 0 Å². The summed E-state index contributed by atoms with van der Waals surface area (Å²) in [6.07, 6.45) is 1.72. The van der Waals surface area contributed by atoms with Gasteiger partial charge in [0.25, 0.3) is 5.89 Å². The van der Waals surface area contributed by atoms with Gasteiger partial charge in [0.05, 0.1) is 36.7 Å². The van der Waals surface area contributed by atoms with Crippen molar-refractivity contribution in [2.75, 3.05) is 26.3 Å². The number of hydrogen-bond donors (Lipinski definition) is 1. The fraction of sp³-hybridized carbons (Fsp3) is 0.353. The van der Waals surface area contributed by atoms with Crippen LogP contribution in [0.15, 0.2) is 41.1 Å². The number of rotatable bonds is 4. The van der Waals surface area contributed by atoms with Crippen LogP contribution in [-0.4, -0.2) is 51.5 Å². The molecule has 7 nitrogen and oxygen atoms in total. The van der Waals surface area contributed by atoms with E-state index in [1.807, 2.05) is 30.3 Å². The number of nitrogens with zero attached hydrogens (tertiary/aromatic N) is 4. The molecular formula is C17H19N5O2. The van der Waals surface area contributed by atoms with Gasteiger partial charge in [-0.15, -0.1) is 0 Å². The standard InChI is InChI=1S/C17H19N5O2/c1-12(22-7-9-23-10-8-22)16-19-17(24-21-16)14-11-18-20-15(14)13-5-3-2-4-6-13/h2-6,11-12H,7-10H2,1H3,(H,18,20)/t12-/m1/s1. The van der Waals surface area contributed by atoms with Crippen molar-refractivity contribution in [1.29, 1.82) is 0 Å². The van der Waals surface area contributed by atoms with Crippen molar-refractivity contribution < 1.29 is 9.26 Å². The molecule has 3 aromatic rings. The molecule has 1 saturated heterocycles. The number of nitrogens with one attached hydrogen (secondary N) is 1. The molecular weight excluding hydrogens is 306 g/mol. The van der Waals surface area contributed by atoms with Crippen LogP contribution in [0.1, 0.15) is 18.8 Å². The van der Waals surface area contributed by atoms with Crippen molar-refractivity contribution in [2.24, 2.45) is 0 Å². The first-order valence-corrected chi connectivity index (χ1v) is 8.07. The number of aromatic nitrogens is 4. The predicted molar refractivity (Wildman–Crippen MR) is 88.1 cm³/mol. The maximum atomic E-state index is 5.50. The van der Waals surface area contributed by atoms with E-state index in [1.54, 1.807) is 6.20 Å². The number of hydrogen-bond acceptors (Lipinski definition) is 6. The first kappa shape index (κ1) is 15.0. The van der Waals surface area contributed by atoms with Crippen molar-refractivity contribution in [3.63, 3.8) is 0 Å². The van der Waals surface area contributed by atoms with Gasteiger partial charge in [0.2, 0.25) is 0 Å². The highest BCUT2D eigenvalue weighted by molar-refractivity contribution is 5.75. The fourth-order valence-electron chi connectivity index (χ4n) is 2.92. The Morgan fingerprint density at radius 3 is 2.75 bits per heavy atom. The van der Waals surface area contributed by atoms with Gasteiger partial charge in [-0.25, -0.2) is 0 Å². The van der Waals surface area contributed by atoms with Crippen LogP contribution in [0.2, 0.25) is 0 Å². The molecule has 3 heterocycles. The average molecular weight is 325 g/mol. The predicted octanol–water partition coefficient (Wildman–Crippen LogP) is 2.52. The second kappa shape index (κ2) is 6.54. The molecule has 0 unspecified atom stereocenters. The average Bonchev–Trinajstić information content (AvgIpc) is 3.32. The Hall–Kier alpha value is -2.51. The van der Waals surface area contributed by atoms with Crippen LogP contribution in [0.4, 0.5) is 0 Å². The van der Waals surface area contributed by atoms with Gasteiger partial charge in [0.15, 0.2) is 5.82 Å². The number of ether oxygens (including phenoxy) is 1. The van der Waals surface area contributed by atoms with E-state index in [0.29, 0.717) is 11.7 Å². The number of morpholine rings is 1. The third kappa shape index (κ3) is 2.83. The van der Waals surface area contributed by atoms with Gasteiger partial charge < -0.3 is 9.26 Å². The smallest absolute Gasteiger partial charge is 0.261 e. The molecule has 4 rings (SSSR count). The van der Waals surface area contributed by atoms with Crippen molar-refractivity contribution >= 4 is 0 Å². The van der Waals surface area contributed by atoms with Gasteiger partial charge in [0, 0.05) is 18.7 Å². The Kier molecular flexibility index (Phi) is 4.10. The number of aromatic amines is 1. The molecule has 1 N–H and O–H groups in total. The zero-order valence-electron chi connectivity index (χ0n) is 13.5. The summed E-state index contributed by atoms with van der Waals surface area (Å²) in [7, 11) is 0. The van der Waals surface area contributed by atoms with Crippen molar-refractivity contribution in [3.8, 4) is 22.7 Å². The lowest BCUT2D eigenvalue weighted by molar-refractivity contribution is 0.0178. The van der Waals surface area contributed by atoms with E-state index in [4.69, 9.17) is 9.26 Å². The molecule has 0 saturated carbocycles. The summed E-state index contributed by atoms with van der Waals surface area (Å²) in [5, 5.41) is 11.3. The summed E-state index contributed by atoms with van der Waals surface area (Å²) in [4.78, 5) is 6.89. The van der Waals surface area contributed by atoms with Crippen LogP contribution in [0.25, 0.3) is 22.7 Å². The highest BCUT2D eigenvalue weighted by Crippen LogP contribution is 2.30. The monoisotopic (exact) mass is 325 g/mol. The molecule has 1 fully saturated rings. The Labute approximate surface area is 139 Å². The molecule has 124 valence electrons. The zero-order valence-corrected chi connectivity index (χ0v) is 13.5. The van der Waals surface area contributed by atoms with E-state index >= 15 is 0 Å². The van der Waals surface area contributed by atoms with Crippen LogP contribution in [0, 0.1) is 0 Å². The van der Waals surface area contributed by atoms with E-state index in [-0.39, 0.29) is 6.04 Å². The summed E-state index contributed by atoms with van der Waals surface area (Å²) in [6.45, 7) is 5.34. The maximum absolute atomic E-state index is 5.50. The lowest BCUT2D eigenvalue weighted by atomic mass is 10.1. The molecule has 0 amide bonds. The quantitative estimate of drug-likeness (QED) is 0.794.